The Morgan fingerprint density at radius 2 is 1.73 bits per heavy atom. The molecule has 0 N–H and O–H groups in total. The molecule has 1 aromatic carbocycles. The van der Waals surface area contributed by atoms with E-state index in [1.54, 1.807) is 0 Å². The summed E-state index contributed by atoms with van der Waals surface area (Å²) < 4.78 is 8.67. The Morgan fingerprint density at radius 3 is 2.30 bits per heavy atom. The fourth-order valence-electron chi connectivity index (χ4n) is 4.75. The number of allylic oxidation sites excluding steroid dienone is 1. The van der Waals surface area contributed by atoms with Crippen molar-refractivity contribution in [3.05, 3.63) is 42.0 Å². The molecule has 0 aliphatic heterocycles. The summed E-state index contributed by atoms with van der Waals surface area (Å²) in [4.78, 5) is 2.77. The van der Waals surface area contributed by atoms with Gasteiger partial charge in [0, 0.05) is 0 Å². The van der Waals surface area contributed by atoms with Gasteiger partial charge in [-0.1, -0.05) is 0 Å². The molecule has 0 heterocycles. The van der Waals surface area contributed by atoms with Crippen molar-refractivity contribution >= 4 is 27.7 Å². The van der Waals surface area contributed by atoms with Crippen molar-refractivity contribution in [1.82, 2.24) is 4.90 Å². The molecule has 3 atom stereocenters. The van der Waals surface area contributed by atoms with E-state index in [1.807, 2.05) is 0 Å². The molecule has 2 nitrogen and oxygen atoms in total. The molecule has 0 radical (unpaired) electrons. The van der Waals surface area contributed by atoms with E-state index in [-0.39, 0.29) is 10.6 Å². The van der Waals surface area contributed by atoms with Gasteiger partial charge in [0.15, 0.2) is 0 Å². The Hall–Kier alpha value is -0.384. The zero-order valence-corrected chi connectivity index (χ0v) is 25.9. The Balaban J connectivity index is 2.23. The van der Waals surface area contributed by atoms with Gasteiger partial charge in [-0.2, -0.15) is 0 Å². The Kier molecular flexibility index (Phi) is 10.5. The van der Waals surface area contributed by atoms with Gasteiger partial charge in [0.05, 0.1) is 0 Å². The molecular formula is C29H51NOSeSi. The fraction of sp³-hybridized carbons (Fsp3) is 0.724. The first-order chi connectivity index (χ1) is 15.2. The first-order valence-electron chi connectivity index (χ1n) is 13.0. The van der Waals surface area contributed by atoms with E-state index in [2.05, 4.69) is 110 Å². The van der Waals surface area contributed by atoms with Crippen molar-refractivity contribution in [3.63, 3.8) is 0 Å². The fourth-order valence-corrected chi connectivity index (χ4v) is 8.01. The molecule has 0 bridgehead atoms. The molecule has 0 unspecified atom stereocenters. The van der Waals surface area contributed by atoms with Crippen LogP contribution in [-0.2, 0) is 4.43 Å². The van der Waals surface area contributed by atoms with Crippen LogP contribution in [0.3, 0.4) is 0 Å². The monoisotopic (exact) mass is 537 g/mol. The SMILES string of the molecule is CC(C)=CCN(CC[Se]c1ccccc1)C(C)(C)[C@@H]1CC[C@@H](C)C[C@H]1O[Si](C)(C)C(C)(C)C. The van der Waals surface area contributed by atoms with Gasteiger partial charge in [-0.05, 0) is 0 Å². The third-order valence-corrected chi connectivity index (χ3v) is 14.7. The zero-order chi connectivity index (χ0) is 24.9. The number of hydrogen-bond acceptors (Lipinski definition) is 2. The van der Waals surface area contributed by atoms with E-state index in [4.69, 9.17) is 4.43 Å². The second-order valence-corrected chi connectivity index (χ2v) is 19.7. The zero-order valence-electron chi connectivity index (χ0n) is 23.2. The Bertz CT molecular complexity index is 749. The van der Waals surface area contributed by atoms with Crippen molar-refractivity contribution in [2.75, 3.05) is 13.1 Å². The average molecular weight is 537 g/mol. The van der Waals surface area contributed by atoms with Crippen molar-refractivity contribution in [2.45, 2.75) is 110 Å². The normalized spacial score (nSPS) is 22.5. The number of rotatable bonds is 10. The minimum atomic E-state index is -1.81. The standard InChI is InChI=1S/C29H51NOSeSi/c1-23(2)18-19-30(20-21-32-25-14-12-11-13-15-25)29(7,8)26-17-16-24(3)22-27(26)31-33(9,10)28(4,5)6/h11-15,18,24,26-27H,16-17,19-22H2,1-10H3/t24-,26-,27-/m1/s1. The van der Waals surface area contributed by atoms with E-state index in [9.17, 15) is 0 Å². The minimum absolute atomic E-state index is 0.117. The van der Waals surface area contributed by atoms with Crippen LogP contribution in [0.2, 0.25) is 23.5 Å². The predicted octanol–water partition coefficient (Wildman–Crippen LogP) is 7.31. The third kappa shape index (κ3) is 8.35. The van der Waals surface area contributed by atoms with Crippen LogP contribution in [0.1, 0.15) is 74.7 Å². The van der Waals surface area contributed by atoms with Gasteiger partial charge in [0.25, 0.3) is 0 Å². The summed E-state index contributed by atoms with van der Waals surface area (Å²) in [6.07, 6.45) is 6.62. The third-order valence-electron chi connectivity index (χ3n) is 8.12. The molecule has 1 aliphatic carbocycles. The van der Waals surface area contributed by atoms with E-state index < -0.39 is 8.32 Å². The number of hydrogen-bond donors (Lipinski definition) is 0. The maximum absolute atomic E-state index is 7.16. The summed E-state index contributed by atoms with van der Waals surface area (Å²) in [5, 5.41) is 1.51. The van der Waals surface area contributed by atoms with Crippen LogP contribution in [-0.4, -0.2) is 52.9 Å². The number of benzene rings is 1. The first-order valence-corrected chi connectivity index (χ1v) is 18.0. The molecule has 1 saturated carbocycles. The van der Waals surface area contributed by atoms with Gasteiger partial charge < -0.3 is 0 Å². The van der Waals surface area contributed by atoms with Gasteiger partial charge in [0.1, 0.15) is 0 Å². The van der Waals surface area contributed by atoms with E-state index in [1.165, 1.54) is 34.6 Å². The molecule has 0 saturated heterocycles. The van der Waals surface area contributed by atoms with Crippen LogP contribution in [0, 0.1) is 11.8 Å². The van der Waals surface area contributed by atoms with Crippen LogP contribution in [0.4, 0.5) is 0 Å². The van der Waals surface area contributed by atoms with Gasteiger partial charge in [-0.25, -0.2) is 0 Å². The summed E-state index contributed by atoms with van der Waals surface area (Å²) in [6, 6.07) is 11.0. The molecule has 2 rings (SSSR count). The van der Waals surface area contributed by atoms with Crippen molar-refractivity contribution in [2.24, 2.45) is 11.8 Å². The van der Waals surface area contributed by atoms with Crippen molar-refractivity contribution in [3.8, 4) is 0 Å². The number of nitrogens with zero attached hydrogens (tertiary/aromatic N) is 1. The van der Waals surface area contributed by atoms with Crippen molar-refractivity contribution < 1.29 is 4.43 Å². The van der Waals surface area contributed by atoms with Gasteiger partial charge in [0.2, 0.25) is 0 Å². The summed E-state index contributed by atoms with van der Waals surface area (Å²) in [5.41, 5.74) is 1.53. The Labute approximate surface area is 213 Å². The van der Waals surface area contributed by atoms with Crippen LogP contribution in [0.15, 0.2) is 42.0 Å². The second kappa shape index (κ2) is 12.0. The van der Waals surface area contributed by atoms with Gasteiger partial charge in [-0.3, -0.25) is 0 Å². The summed E-state index contributed by atoms with van der Waals surface area (Å²) in [6.45, 7) is 26.1. The first kappa shape index (κ1) is 28.9. The summed E-state index contributed by atoms with van der Waals surface area (Å²) in [7, 11) is -1.81. The summed E-state index contributed by atoms with van der Waals surface area (Å²) in [5.74, 6) is 1.34. The van der Waals surface area contributed by atoms with Crippen LogP contribution < -0.4 is 4.46 Å². The average Bonchev–Trinajstić information content (AvgIpc) is 2.69. The van der Waals surface area contributed by atoms with Crippen LogP contribution in [0.5, 0.6) is 0 Å². The molecule has 0 spiro atoms. The molecule has 1 fully saturated rings. The molecule has 0 aromatic heterocycles. The van der Waals surface area contributed by atoms with E-state index in [0.717, 1.165) is 19.0 Å². The topological polar surface area (TPSA) is 12.5 Å². The Morgan fingerprint density at radius 1 is 1.09 bits per heavy atom. The summed E-state index contributed by atoms with van der Waals surface area (Å²) >= 11 is 0.526. The molecule has 1 aromatic rings. The molecule has 33 heavy (non-hydrogen) atoms. The molecular weight excluding hydrogens is 485 g/mol. The molecule has 1 aliphatic rings. The van der Waals surface area contributed by atoms with Crippen LogP contribution >= 0.6 is 0 Å². The molecule has 4 heteroatoms. The van der Waals surface area contributed by atoms with E-state index in [0.29, 0.717) is 27.0 Å². The maximum atomic E-state index is 7.16. The van der Waals surface area contributed by atoms with E-state index >= 15 is 0 Å². The van der Waals surface area contributed by atoms with Crippen LogP contribution in [0.25, 0.3) is 0 Å². The van der Waals surface area contributed by atoms with Gasteiger partial charge >= 0.3 is 214 Å². The quantitative estimate of drug-likeness (QED) is 0.230. The predicted molar refractivity (Wildman–Crippen MR) is 150 cm³/mol. The van der Waals surface area contributed by atoms with Crippen molar-refractivity contribution in [1.29, 1.82) is 0 Å². The second-order valence-electron chi connectivity index (χ2n) is 12.5. The van der Waals surface area contributed by atoms with Gasteiger partial charge in [-0.15, -0.1) is 0 Å². The molecule has 0 amide bonds. The molecule has 188 valence electrons.